The zero-order valence-corrected chi connectivity index (χ0v) is 11.3. The molecule has 2 rings (SSSR count). The molecular weight excluding hydrogens is 288 g/mol. The summed E-state index contributed by atoms with van der Waals surface area (Å²) in [4.78, 5) is 0. The van der Waals surface area contributed by atoms with Gasteiger partial charge in [0.25, 0.3) is 0 Å². The minimum Gasteiger partial charge on any atom is -0.464 e. The number of aryl methyl sites for hydroxylation is 1. The standard InChI is InChI=1S/C11H13BrN2OS/c1-2-7-3-4-10(15-7)11(14-13)8-5-16-6-9(8)12/h3-6,11,14H,2,13H2,1H3. The van der Waals surface area contributed by atoms with Gasteiger partial charge in [0, 0.05) is 21.8 Å². The highest BCUT2D eigenvalue weighted by atomic mass is 79.9. The number of halogens is 1. The molecule has 0 bridgehead atoms. The van der Waals surface area contributed by atoms with E-state index >= 15 is 0 Å². The van der Waals surface area contributed by atoms with Crippen molar-refractivity contribution in [3.63, 3.8) is 0 Å². The molecule has 2 aromatic heterocycles. The van der Waals surface area contributed by atoms with Gasteiger partial charge >= 0.3 is 0 Å². The smallest absolute Gasteiger partial charge is 0.127 e. The molecule has 3 N–H and O–H groups in total. The van der Waals surface area contributed by atoms with Crippen molar-refractivity contribution in [1.82, 2.24) is 5.43 Å². The molecule has 0 aliphatic heterocycles. The fraction of sp³-hybridized carbons (Fsp3) is 0.273. The summed E-state index contributed by atoms with van der Waals surface area (Å²) in [5, 5.41) is 4.09. The Morgan fingerprint density at radius 2 is 2.31 bits per heavy atom. The molecule has 0 fully saturated rings. The normalized spacial score (nSPS) is 12.9. The number of rotatable bonds is 4. The number of hydrazine groups is 1. The van der Waals surface area contributed by atoms with Gasteiger partial charge in [-0.25, -0.2) is 5.43 Å². The Morgan fingerprint density at radius 1 is 1.50 bits per heavy atom. The highest BCUT2D eigenvalue weighted by Crippen LogP contribution is 2.31. The predicted octanol–water partition coefficient (Wildman–Crippen LogP) is 3.22. The van der Waals surface area contributed by atoms with Gasteiger partial charge in [0.05, 0.1) is 0 Å². The number of nitrogens with one attached hydrogen (secondary N) is 1. The molecule has 0 saturated carbocycles. The highest BCUT2D eigenvalue weighted by Gasteiger charge is 2.19. The van der Waals surface area contributed by atoms with Crippen molar-refractivity contribution in [3.8, 4) is 0 Å². The summed E-state index contributed by atoms with van der Waals surface area (Å²) < 4.78 is 6.76. The van der Waals surface area contributed by atoms with E-state index in [1.807, 2.05) is 17.5 Å². The molecule has 2 heterocycles. The van der Waals surface area contributed by atoms with Crippen molar-refractivity contribution >= 4 is 27.3 Å². The topological polar surface area (TPSA) is 51.2 Å². The summed E-state index contributed by atoms with van der Waals surface area (Å²) in [6, 6.07) is 3.86. The summed E-state index contributed by atoms with van der Waals surface area (Å²) in [6.45, 7) is 2.06. The maximum atomic E-state index is 5.71. The Bertz CT molecular complexity index is 466. The molecule has 0 saturated heterocycles. The van der Waals surface area contributed by atoms with E-state index in [2.05, 4.69) is 33.7 Å². The van der Waals surface area contributed by atoms with Crippen molar-refractivity contribution in [2.45, 2.75) is 19.4 Å². The van der Waals surface area contributed by atoms with E-state index in [0.29, 0.717) is 0 Å². The first-order valence-corrected chi connectivity index (χ1v) is 6.76. The van der Waals surface area contributed by atoms with Crippen LogP contribution in [0.15, 0.2) is 31.8 Å². The molecule has 0 aliphatic carbocycles. The van der Waals surface area contributed by atoms with Crippen molar-refractivity contribution in [2.24, 2.45) is 5.84 Å². The third kappa shape index (κ3) is 2.22. The van der Waals surface area contributed by atoms with Crippen LogP contribution in [0.2, 0.25) is 0 Å². The summed E-state index contributed by atoms with van der Waals surface area (Å²) in [6.07, 6.45) is 0.891. The van der Waals surface area contributed by atoms with Crippen LogP contribution in [0, 0.1) is 0 Å². The van der Waals surface area contributed by atoms with Crippen molar-refractivity contribution in [1.29, 1.82) is 0 Å². The van der Waals surface area contributed by atoms with Crippen LogP contribution < -0.4 is 11.3 Å². The minimum absolute atomic E-state index is 0.0964. The van der Waals surface area contributed by atoms with Crippen molar-refractivity contribution in [3.05, 3.63) is 44.4 Å². The average Bonchev–Trinajstić information content (AvgIpc) is 2.90. The second-order valence-corrected chi connectivity index (χ2v) is 5.03. The second-order valence-electron chi connectivity index (χ2n) is 3.43. The molecule has 0 aromatic carbocycles. The Labute approximate surface area is 107 Å². The predicted molar refractivity (Wildman–Crippen MR) is 69.3 cm³/mol. The van der Waals surface area contributed by atoms with Gasteiger partial charge in [0.1, 0.15) is 17.6 Å². The molecule has 0 spiro atoms. The summed E-state index contributed by atoms with van der Waals surface area (Å²) >= 11 is 5.14. The van der Waals surface area contributed by atoms with Gasteiger partial charge in [0.2, 0.25) is 0 Å². The van der Waals surface area contributed by atoms with Gasteiger partial charge in [-0.3, -0.25) is 5.84 Å². The third-order valence-electron chi connectivity index (χ3n) is 2.44. The highest BCUT2D eigenvalue weighted by molar-refractivity contribution is 9.10. The number of hydrogen-bond acceptors (Lipinski definition) is 4. The lowest BCUT2D eigenvalue weighted by Crippen LogP contribution is -2.28. The largest absolute Gasteiger partial charge is 0.464 e. The number of hydrogen-bond donors (Lipinski definition) is 2. The molecule has 1 unspecified atom stereocenters. The molecule has 86 valence electrons. The van der Waals surface area contributed by atoms with Gasteiger partial charge in [0.15, 0.2) is 0 Å². The quantitative estimate of drug-likeness (QED) is 0.673. The van der Waals surface area contributed by atoms with Crippen LogP contribution in [0.3, 0.4) is 0 Å². The monoisotopic (exact) mass is 300 g/mol. The maximum Gasteiger partial charge on any atom is 0.127 e. The molecule has 0 aliphatic rings. The van der Waals surface area contributed by atoms with Crippen LogP contribution in [0.1, 0.15) is 30.0 Å². The van der Waals surface area contributed by atoms with Crippen LogP contribution >= 0.6 is 27.3 Å². The molecular formula is C11H13BrN2OS. The summed E-state index contributed by atoms with van der Waals surface area (Å²) in [5.74, 6) is 7.41. The molecule has 2 aromatic rings. The van der Waals surface area contributed by atoms with E-state index in [9.17, 15) is 0 Å². The van der Waals surface area contributed by atoms with Crippen LogP contribution in [-0.2, 0) is 6.42 Å². The van der Waals surface area contributed by atoms with Crippen LogP contribution in [0.25, 0.3) is 0 Å². The van der Waals surface area contributed by atoms with Crippen LogP contribution in [-0.4, -0.2) is 0 Å². The minimum atomic E-state index is -0.0964. The van der Waals surface area contributed by atoms with Crippen molar-refractivity contribution in [2.75, 3.05) is 0 Å². The first kappa shape index (κ1) is 11.9. The fourth-order valence-electron chi connectivity index (χ4n) is 1.56. The zero-order chi connectivity index (χ0) is 11.5. The second kappa shape index (κ2) is 5.14. The van der Waals surface area contributed by atoms with E-state index in [1.54, 1.807) is 11.3 Å². The van der Waals surface area contributed by atoms with E-state index in [1.165, 1.54) is 0 Å². The first-order chi connectivity index (χ1) is 7.76. The van der Waals surface area contributed by atoms with E-state index in [-0.39, 0.29) is 6.04 Å². The number of nitrogens with two attached hydrogens (primary N) is 1. The number of furan rings is 1. The summed E-state index contributed by atoms with van der Waals surface area (Å²) in [5.41, 5.74) is 3.88. The molecule has 5 heteroatoms. The third-order valence-corrected chi connectivity index (χ3v) is 4.19. The van der Waals surface area contributed by atoms with Crippen LogP contribution in [0.4, 0.5) is 0 Å². The summed E-state index contributed by atoms with van der Waals surface area (Å²) in [7, 11) is 0. The van der Waals surface area contributed by atoms with Gasteiger partial charge in [-0.2, -0.15) is 11.3 Å². The zero-order valence-electron chi connectivity index (χ0n) is 8.87. The Morgan fingerprint density at radius 3 is 2.81 bits per heavy atom. The lowest BCUT2D eigenvalue weighted by Gasteiger charge is -2.12. The fourth-order valence-corrected chi connectivity index (χ4v) is 3.11. The number of thiophene rings is 1. The SMILES string of the molecule is CCc1ccc(C(NN)c2cscc2Br)o1. The maximum absolute atomic E-state index is 5.71. The molecule has 1 atom stereocenters. The molecule has 0 radical (unpaired) electrons. The molecule has 16 heavy (non-hydrogen) atoms. The van der Waals surface area contributed by atoms with Gasteiger partial charge in [-0.15, -0.1) is 0 Å². The van der Waals surface area contributed by atoms with Crippen LogP contribution in [0.5, 0.6) is 0 Å². The Hall–Kier alpha value is -0.620. The first-order valence-electron chi connectivity index (χ1n) is 5.02. The van der Waals surface area contributed by atoms with Crippen molar-refractivity contribution < 1.29 is 4.42 Å². The lowest BCUT2D eigenvalue weighted by atomic mass is 10.1. The van der Waals surface area contributed by atoms with E-state index in [4.69, 9.17) is 10.3 Å². The van der Waals surface area contributed by atoms with Gasteiger partial charge in [-0.05, 0) is 33.4 Å². The van der Waals surface area contributed by atoms with Gasteiger partial charge in [-0.1, -0.05) is 6.92 Å². The average molecular weight is 301 g/mol. The Kier molecular flexibility index (Phi) is 3.81. The van der Waals surface area contributed by atoms with E-state index < -0.39 is 0 Å². The Balaban J connectivity index is 2.32. The molecule has 3 nitrogen and oxygen atoms in total. The lowest BCUT2D eigenvalue weighted by molar-refractivity contribution is 0.425. The van der Waals surface area contributed by atoms with E-state index in [0.717, 1.165) is 28.0 Å². The van der Waals surface area contributed by atoms with Gasteiger partial charge < -0.3 is 4.42 Å². The molecule has 0 amide bonds.